The third kappa shape index (κ3) is 2.87. The molecule has 1 atom stereocenters. The molecule has 1 aromatic carbocycles. The van der Waals surface area contributed by atoms with Gasteiger partial charge in [-0.15, -0.1) is 0 Å². The van der Waals surface area contributed by atoms with Gasteiger partial charge in [0, 0.05) is 22.2 Å². The molecule has 0 radical (unpaired) electrons. The second kappa shape index (κ2) is 6.00. The molecule has 1 heterocycles. The number of fused-ring (bicyclic) bond motifs is 1. The van der Waals surface area contributed by atoms with Crippen molar-refractivity contribution in [1.82, 2.24) is 4.98 Å². The lowest BCUT2D eigenvalue weighted by atomic mass is 9.82. The number of esters is 1. The van der Waals surface area contributed by atoms with Crippen LogP contribution in [0.3, 0.4) is 0 Å². The Hall–Kier alpha value is -1.65. The fourth-order valence-electron chi connectivity index (χ4n) is 2.20. The lowest BCUT2D eigenvalue weighted by molar-refractivity contribution is -0.160. The summed E-state index contributed by atoms with van der Waals surface area (Å²) in [6.45, 7) is 5.31. The predicted octanol–water partition coefficient (Wildman–Crippen LogP) is 3.51. The number of carbonyl (C=O) groups is 1. The van der Waals surface area contributed by atoms with Crippen molar-refractivity contribution in [3.63, 3.8) is 0 Å². The molecule has 0 amide bonds. The molecule has 0 aliphatic rings. The molecule has 5 heteroatoms. The van der Waals surface area contributed by atoms with Gasteiger partial charge in [-0.2, -0.15) is 0 Å². The third-order valence-corrected chi connectivity index (χ3v) is 3.86. The maximum absolute atomic E-state index is 12.1. The lowest BCUT2D eigenvalue weighted by Gasteiger charge is -2.29. The molecular formula is C16H18ClNO3. The van der Waals surface area contributed by atoms with Gasteiger partial charge in [-0.1, -0.05) is 17.7 Å². The van der Waals surface area contributed by atoms with E-state index in [0.717, 1.165) is 5.39 Å². The van der Waals surface area contributed by atoms with E-state index in [4.69, 9.17) is 16.3 Å². The van der Waals surface area contributed by atoms with Crippen LogP contribution in [-0.2, 0) is 9.53 Å². The number of aromatic nitrogens is 1. The lowest BCUT2D eigenvalue weighted by Crippen LogP contribution is -2.33. The van der Waals surface area contributed by atoms with E-state index >= 15 is 0 Å². The highest BCUT2D eigenvalue weighted by atomic mass is 35.5. The molecule has 0 aliphatic heterocycles. The Morgan fingerprint density at radius 3 is 2.81 bits per heavy atom. The molecule has 21 heavy (non-hydrogen) atoms. The molecule has 0 bridgehead atoms. The first-order valence-corrected chi connectivity index (χ1v) is 7.15. The van der Waals surface area contributed by atoms with E-state index in [1.54, 1.807) is 45.2 Å². The van der Waals surface area contributed by atoms with E-state index in [0.29, 0.717) is 16.1 Å². The van der Waals surface area contributed by atoms with Crippen LogP contribution in [-0.4, -0.2) is 22.7 Å². The van der Waals surface area contributed by atoms with Gasteiger partial charge in [0.15, 0.2) is 0 Å². The minimum atomic E-state index is -1.08. The number of pyridine rings is 1. The number of ether oxygens (including phenoxy) is 1. The summed E-state index contributed by atoms with van der Waals surface area (Å²) >= 11 is 6.15. The predicted molar refractivity (Wildman–Crippen MR) is 82.1 cm³/mol. The second-order valence-electron chi connectivity index (χ2n) is 5.38. The summed E-state index contributed by atoms with van der Waals surface area (Å²) in [7, 11) is 0. The number of halogens is 1. The summed E-state index contributed by atoms with van der Waals surface area (Å²) in [6, 6.07) is 7.01. The smallest absolute Gasteiger partial charge is 0.314 e. The van der Waals surface area contributed by atoms with Crippen LogP contribution >= 0.6 is 11.6 Å². The zero-order valence-corrected chi connectivity index (χ0v) is 13.0. The fraction of sp³-hybridized carbons (Fsp3) is 0.375. The molecule has 0 saturated heterocycles. The maximum Gasteiger partial charge on any atom is 0.314 e. The van der Waals surface area contributed by atoms with Gasteiger partial charge in [0.25, 0.3) is 0 Å². The average Bonchev–Trinajstić information content (AvgIpc) is 2.47. The zero-order valence-electron chi connectivity index (χ0n) is 12.3. The van der Waals surface area contributed by atoms with Crippen LogP contribution in [0.2, 0.25) is 5.02 Å². The van der Waals surface area contributed by atoms with E-state index in [-0.39, 0.29) is 6.61 Å². The van der Waals surface area contributed by atoms with Gasteiger partial charge in [0.2, 0.25) is 0 Å². The van der Waals surface area contributed by atoms with Crippen molar-refractivity contribution in [2.45, 2.75) is 26.9 Å². The minimum Gasteiger partial charge on any atom is -0.465 e. The molecule has 0 fully saturated rings. The van der Waals surface area contributed by atoms with Crippen molar-refractivity contribution >= 4 is 28.5 Å². The quantitative estimate of drug-likeness (QED) is 0.878. The number of aliphatic hydroxyl groups excluding tert-OH is 1. The number of carbonyl (C=O) groups excluding carboxylic acids is 1. The highest BCUT2D eigenvalue weighted by molar-refractivity contribution is 6.35. The summed E-state index contributed by atoms with van der Waals surface area (Å²) in [4.78, 5) is 16.3. The molecule has 0 spiro atoms. The van der Waals surface area contributed by atoms with Crippen molar-refractivity contribution in [2.24, 2.45) is 5.41 Å². The van der Waals surface area contributed by atoms with Crippen LogP contribution in [0.5, 0.6) is 0 Å². The molecule has 0 saturated carbocycles. The van der Waals surface area contributed by atoms with E-state index < -0.39 is 17.5 Å². The average molecular weight is 308 g/mol. The van der Waals surface area contributed by atoms with E-state index in [1.165, 1.54) is 0 Å². The standard InChI is InChI=1S/C16H18ClNO3/c1-4-21-15(20)16(2,3)14(19)11-7-8-12(17)10-6-5-9-18-13(10)11/h5-9,14,19H,4H2,1-3H3. The van der Waals surface area contributed by atoms with Crippen molar-refractivity contribution < 1.29 is 14.6 Å². The van der Waals surface area contributed by atoms with Crippen LogP contribution in [0.1, 0.15) is 32.4 Å². The van der Waals surface area contributed by atoms with Crippen LogP contribution in [0.25, 0.3) is 10.9 Å². The van der Waals surface area contributed by atoms with Crippen LogP contribution in [0.4, 0.5) is 0 Å². The molecule has 0 aliphatic carbocycles. The van der Waals surface area contributed by atoms with Crippen molar-refractivity contribution in [2.75, 3.05) is 6.61 Å². The van der Waals surface area contributed by atoms with Gasteiger partial charge in [0.1, 0.15) is 0 Å². The fourth-order valence-corrected chi connectivity index (χ4v) is 2.41. The van der Waals surface area contributed by atoms with E-state index in [2.05, 4.69) is 4.98 Å². The van der Waals surface area contributed by atoms with Gasteiger partial charge in [-0.25, -0.2) is 0 Å². The first-order chi connectivity index (χ1) is 9.89. The Labute approximate surface area is 128 Å². The number of hydrogen-bond donors (Lipinski definition) is 1. The molecule has 1 N–H and O–H groups in total. The summed E-state index contributed by atoms with van der Waals surface area (Å²) in [5.41, 5.74) is 0.0804. The monoisotopic (exact) mass is 307 g/mol. The van der Waals surface area contributed by atoms with Crippen LogP contribution in [0.15, 0.2) is 30.5 Å². The largest absolute Gasteiger partial charge is 0.465 e. The van der Waals surface area contributed by atoms with Gasteiger partial charge in [-0.3, -0.25) is 9.78 Å². The van der Waals surface area contributed by atoms with Gasteiger partial charge >= 0.3 is 5.97 Å². The maximum atomic E-state index is 12.1. The molecule has 2 rings (SSSR count). The molecule has 1 unspecified atom stereocenters. The van der Waals surface area contributed by atoms with Crippen LogP contribution < -0.4 is 0 Å². The number of rotatable bonds is 4. The summed E-state index contributed by atoms with van der Waals surface area (Å²) in [5.74, 6) is -0.448. The Kier molecular flexibility index (Phi) is 4.49. The summed E-state index contributed by atoms with van der Waals surface area (Å²) in [5, 5.41) is 12.0. The minimum absolute atomic E-state index is 0.272. The SMILES string of the molecule is CCOC(=O)C(C)(C)C(O)c1ccc(Cl)c2cccnc12. The number of hydrogen-bond acceptors (Lipinski definition) is 4. The van der Waals surface area contributed by atoms with Gasteiger partial charge in [0.05, 0.1) is 23.6 Å². The highest BCUT2D eigenvalue weighted by Crippen LogP contribution is 2.38. The van der Waals surface area contributed by atoms with Gasteiger partial charge < -0.3 is 9.84 Å². The number of aliphatic hydroxyl groups is 1. The van der Waals surface area contributed by atoms with Crippen LogP contribution in [0, 0.1) is 5.41 Å². The Bertz CT molecular complexity index is 670. The summed E-state index contributed by atoms with van der Waals surface area (Å²) in [6.07, 6.45) is 0.595. The zero-order chi connectivity index (χ0) is 15.6. The molecular weight excluding hydrogens is 290 g/mol. The number of nitrogens with zero attached hydrogens (tertiary/aromatic N) is 1. The Balaban J connectivity index is 2.51. The normalized spacial score (nSPS) is 13.2. The molecule has 112 valence electrons. The molecule has 2 aromatic rings. The molecule has 1 aromatic heterocycles. The topological polar surface area (TPSA) is 59.4 Å². The van der Waals surface area contributed by atoms with E-state index in [9.17, 15) is 9.90 Å². The third-order valence-electron chi connectivity index (χ3n) is 3.53. The van der Waals surface area contributed by atoms with Gasteiger partial charge in [-0.05, 0) is 39.0 Å². The van der Waals surface area contributed by atoms with Crippen molar-refractivity contribution in [3.8, 4) is 0 Å². The van der Waals surface area contributed by atoms with Crippen molar-refractivity contribution in [3.05, 3.63) is 41.0 Å². The van der Waals surface area contributed by atoms with E-state index in [1.807, 2.05) is 6.07 Å². The Morgan fingerprint density at radius 2 is 2.14 bits per heavy atom. The molecule has 4 nitrogen and oxygen atoms in total. The highest BCUT2D eigenvalue weighted by Gasteiger charge is 2.39. The number of benzene rings is 1. The van der Waals surface area contributed by atoms with Crippen molar-refractivity contribution in [1.29, 1.82) is 0 Å². The second-order valence-corrected chi connectivity index (χ2v) is 5.79. The summed E-state index contributed by atoms with van der Waals surface area (Å²) < 4.78 is 5.04. The first kappa shape index (κ1) is 15.7. The Morgan fingerprint density at radius 1 is 1.43 bits per heavy atom. The first-order valence-electron chi connectivity index (χ1n) is 6.78.